The summed E-state index contributed by atoms with van der Waals surface area (Å²) in [6.07, 6.45) is 0. The quantitative estimate of drug-likeness (QED) is 0.574. The van der Waals surface area contributed by atoms with E-state index in [4.69, 9.17) is 0 Å². The van der Waals surface area contributed by atoms with Crippen LogP contribution in [0.2, 0.25) is 0 Å². The van der Waals surface area contributed by atoms with Gasteiger partial charge < -0.3 is 22.2 Å². The van der Waals surface area contributed by atoms with E-state index in [0.717, 1.165) is 6.54 Å². The molecule has 0 saturated carbocycles. The number of quaternary nitrogens is 1. The van der Waals surface area contributed by atoms with Crippen LogP contribution >= 0.6 is 0 Å². The zero-order valence-electron chi connectivity index (χ0n) is 8.68. The predicted molar refractivity (Wildman–Crippen MR) is 53.1 cm³/mol. The third kappa shape index (κ3) is 13.0. The number of benzene rings is 1. The first-order chi connectivity index (χ1) is 6.79. The summed E-state index contributed by atoms with van der Waals surface area (Å²) >= 11 is 0. The molecule has 0 aliphatic heterocycles. The summed E-state index contributed by atoms with van der Waals surface area (Å²) in [4.78, 5) is 1.46. The van der Waals surface area contributed by atoms with Gasteiger partial charge in [-0.1, -0.05) is 30.3 Å². The highest BCUT2D eigenvalue weighted by molar-refractivity contribution is 6.50. The average molecular weight is 223 g/mol. The molecule has 1 rings (SSSR count). The monoisotopic (exact) mass is 223 g/mol. The topological polar surface area (TPSA) is 4.44 Å². The maximum absolute atomic E-state index is 9.75. The third-order valence-electron chi connectivity index (χ3n) is 1.40. The second kappa shape index (κ2) is 6.45. The smallest absolute Gasteiger partial charge is 0.418 e. The fraction of sp³-hybridized carbons (Fsp3) is 0.333. The third-order valence-corrected chi connectivity index (χ3v) is 1.40. The molecule has 1 nitrogen and oxygen atoms in total. The molecule has 0 fully saturated rings. The van der Waals surface area contributed by atoms with Crippen molar-refractivity contribution < 1.29 is 22.2 Å². The van der Waals surface area contributed by atoms with Crippen LogP contribution in [-0.2, 0) is 6.54 Å². The summed E-state index contributed by atoms with van der Waals surface area (Å²) in [6.45, 7) is 1.11. The molecule has 0 aliphatic carbocycles. The van der Waals surface area contributed by atoms with Gasteiger partial charge in [0, 0.05) is 5.56 Å². The van der Waals surface area contributed by atoms with Crippen LogP contribution in [0, 0.1) is 0 Å². The van der Waals surface area contributed by atoms with Gasteiger partial charge in [0.2, 0.25) is 0 Å². The zero-order valence-corrected chi connectivity index (χ0v) is 8.68. The first-order valence-electron chi connectivity index (χ1n) is 4.49. The molecule has 0 spiro atoms. The standard InChI is InChI=1S/C9H13N.BF4/c1-10(2)8-9-6-4-3-5-7-9;2-1(3,4)5/h3-7H,8H2,1-2H3;/q;-1/p+1. The van der Waals surface area contributed by atoms with Crippen molar-refractivity contribution in [2.75, 3.05) is 14.1 Å². The van der Waals surface area contributed by atoms with E-state index in [2.05, 4.69) is 44.4 Å². The Bertz CT molecular complexity index is 255. The highest BCUT2D eigenvalue weighted by Crippen LogP contribution is 2.06. The maximum atomic E-state index is 9.75. The lowest BCUT2D eigenvalue weighted by Gasteiger charge is -2.05. The minimum Gasteiger partial charge on any atom is -0.418 e. The Labute approximate surface area is 86.8 Å². The fourth-order valence-corrected chi connectivity index (χ4v) is 1.00. The van der Waals surface area contributed by atoms with Gasteiger partial charge in [-0.2, -0.15) is 0 Å². The first kappa shape index (κ1) is 14.0. The molecule has 0 aliphatic rings. The van der Waals surface area contributed by atoms with Crippen molar-refractivity contribution in [1.29, 1.82) is 0 Å². The van der Waals surface area contributed by atoms with E-state index >= 15 is 0 Å². The molecule has 0 aromatic heterocycles. The molecule has 0 saturated heterocycles. The highest BCUT2D eigenvalue weighted by atomic mass is 19.5. The van der Waals surface area contributed by atoms with Crippen LogP contribution in [-0.4, -0.2) is 21.3 Å². The maximum Gasteiger partial charge on any atom is 0.673 e. The van der Waals surface area contributed by atoms with Gasteiger partial charge in [-0.15, -0.1) is 0 Å². The van der Waals surface area contributed by atoms with Crippen LogP contribution in [0.5, 0.6) is 0 Å². The lowest BCUT2D eigenvalue weighted by molar-refractivity contribution is -0.872. The van der Waals surface area contributed by atoms with Crippen molar-refractivity contribution >= 4 is 7.25 Å². The summed E-state index contributed by atoms with van der Waals surface area (Å²) < 4.78 is 39.0. The molecule has 0 heterocycles. The van der Waals surface area contributed by atoms with Gasteiger partial charge in [0.15, 0.2) is 0 Å². The Morgan fingerprint density at radius 3 is 1.73 bits per heavy atom. The van der Waals surface area contributed by atoms with Gasteiger partial charge in [-0.3, -0.25) is 0 Å². The van der Waals surface area contributed by atoms with Crippen LogP contribution in [0.25, 0.3) is 0 Å². The lowest BCUT2D eigenvalue weighted by atomic mass is 10.2. The first-order valence-corrected chi connectivity index (χ1v) is 4.49. The number of hydrogen-bond acceptors (Lipinski definition) is 0. The van der Waals surface area contributed by atoms with Crippen LogP contribution < -0.4 is 4.90 Å². The Morgan fingerprint density at radius 2 is 1.40 bits per heavy atom. The summed E-state index contributed by atoms with van der Waals surface area (Å²) in [7, 11) is -1.68. The molecule has 1 aromatic carbocycles. The predicted octanol–water partition coefficient (Wildman–Crippen LogP) is 1.63. The Balaban J connectivity index is 0.000000336. The van der Waals surface area contributed by atoms with Gasteiger partial charge >= 0.3 is 7.25 Å². The minimum atomic E-state index is -6.00. The highest BCUT2D eigenvalue weighted by Gasteiger charge is 2.20. The van der Waals surface area contributed by atoms with E-state index in [1.807, 2.05) is 0 Å². The second-order valence-corrected chi connectivity index (χ2v) is 3.36. The van der Waals surface area contributed by atoms with Gasteiger partial charge in [-0.05, 0) is 0 Å². The molecule has 1 N–H and O–H groups in total. The molecule has 6 heteroatoms. The Kier molecular flexibility index (Phi) is 6.00. The molecular weight excluding hydrogens is 209 g/mol. The largest absolute Gasteiger partial charge is 0.673 e. The molecule has 1 aromatic rings. The van der Waals surface area contributed by atoms with Crippen molar-refractivity contribution in [3.63, 3.8) is 0 Å². The minimum absolute atomic E-state index is 1.11. The number of hydrogen-bond donors (Lipinski definition) is 1. The van der Waals surface area contributed by atoms with Gasteiger partial charge in [0.05, 0.1) is 14.1 Å². The van der Waals surface area contributed by atoms with Crippen LogP contribution in [0.15, 0.2) is 30.3 Å². The van der Waals surface area contributed by atoms with Crippen molar-refractivity contribution in [3.8, 4) is 0 Å². The van der Waals surface area contributed by atoms with E-state index < -0.39 is 7.25 Å². The summed E-state index contributed by atoms with van der Waals surface area (Å²) in [5.74, 6) is 0. The normalized spacial score (nSPS) is 10.9. The Morgan fingerprint density at radius 1 is 1.00 bits per heavy atom. The molecule has 0 atom stereocenters. The van der Waals surface area contributed by atoms with E-state index in [1.165, 1.54) is 10.5 Å². The van der Waals surface area contributed by atoms with Crippen molar-refractivity contribution in [3.05, 3.63) is 35.9 Å². The average Bonchev–Trinajstić information content (AvgIpc) is 2.01. The lowest BCUT2D eigenvalue weighted by Crippen LogP contribution is -3.04. The van der Waals surface area contributed by atoms with Crippen molar-refractivity contribution in [1.82, 2.24) is 0 Å². The van der Waals surface area contributed by atoms with Gasteiger partial charge in [0.25, 0.3) is 0 Å². The van der Waals surface area contributed by atoms with Crippen LogP contribution in [0.4, 0.5) is 17.3 Å². The molecule has 0 radical (unpaired) electrons. The van der Waals surface area contributed by atoms with Gasteiger partial charge in [0.1, 0.15) is 6.54 Å². The molecular formula is C9H14BF4N. The van der Waals surface area contributed by atoms with Gasteiger partial charge in [-0.25, -0.2) is 0 Å². The fourth-order valence-electron chi connectivity index (χ4n) is 1.00. The zero-order chi connectivity index (χ0) is 11.9. The molecule has 0 bridgehead atoms. The summed E-state index contributed by atoms with van der Waals surface area (Å²) in [5.41, 5.74) is 1.41. The Hall–Kier alpha value is -1.04. The van der Waals surface area contributed by atoms with Crippen molar-refractivity contribution in [2.45, 2.75) is 6.54 Å². The molecule has 15 heavy (non-hydrogen) atoms. The van der Waals surface area contributed by atoms with E-state index in [9.17, 15) is 17.3 Å². The summed E-state index contributed by atoms with van der Waals surface area (Å²) in [5, 5.41) is 0. The summed E-state index contributed by atoms with van der Waals surface area (Å²) in [6, 6.07) is 10.5. The van der Waals surface area contributed by atoms with Crippen LogP contribution in [0.1, 0.15) is 5.56 Å². The molecule has 0 unspecified atom stereocenters. The van der Waals surface area contributed by atoms with Crippen molar-refractivity contribution in [2.24, 2.45) is 0 Å². The number of nitrogens with one attached hydrogen (secondary N) is 1. The van der Waals surface area contributed by atoms with Crippen LogP contribution in [0.3, 0.4) is 0 Å². The molecule has 0 amide bonds. The van der Waals surface area contributed by atoms with E-state index in [0.29, 0.717) is 0 Å². The molecule has 86 valence electrons. The SMILES string of the molecule is C[NH+](C)Cc1ccccc1.F[B-](F)(F)F. The second-order valence-electron chi connectivity index (χ2n) is 3.36. The number of rotatable bonds is 2. The van der Waals surface area contributed by atoms with E-state index in [-0.39, 0.29) is 0 Å². The van der Waals surface area contributed by atoms with E-state index in [1.54, 1.807) is 0 Å². The number of halogens is 4.